The maximum atomic E-state index is 2.54. The van der Waals surface area contributed by atoms with E-state index in [0.717, 1.165) is 17.1 Å². The van der Waals surface area contributed by atoms with E-state index in [0.29, 0.717) is 0 Å². The van der Waals surface area contributed by atoms with Crippen LogP contribution in [0.4, 0.5) is 17.1 Å². The molecule has 0 saturated carbocycles. The van der Waals surface area contributed by atoms with E-state index >= 15 is 0 Å². The van der Waals surface area contributed by atoms with Gasteiger partial charge in [0.2, 0.25) is 0 Å². The molecule has 2 aliphatic rings. The molecular formula is C67H41N. The summed E-state index contributed by atoms with van der Waals surface area (Å²) >= 11 is 0. The standard InChI is InChI=1S/C67H41N/c1-3-23-50-46(19-1)48-21-5-7-25-52(48)59-40-43(35-37-54(50)59)42-17-15-18-44(39-42)68(45-36-38-55-51-24-4-2-20-47(51)49-22-6-8-26-53(49)60(55)41-45)65-34-16-33-64-66(65)58-29-11-14-32-63(58)67(64)61-30-12-9-27-56(61)57-28-10-13-31-62(57)67/h1-41H. The van der Waals surface area contributed by atoms with Crippen molar-refractivity contribution in [2.75, 3.05) is 4.90 Å². The van der Waals surface area contributed by atoms with Crippen LogP contribution in [0, 0.1) is 0 Å². The van der Waals surface area contributed by atoms with Gasteiger partial charge in [-0.25, -0.2) is 0 Å². The van der Waals surface area contributed by atoms with Gasteiger partial charge in [-0.2, -0.15) is 0 Å². The van der Waals surface area contributed by atoms with Gasteiger partial charge in [0.05, 0.1) is 11.1 Å². The quantitative estimate of drug-likeness (QED) is 0.159. The van der Waals surface area contributed by atoms with Crippen LogP contribution < -0.4 is 4.90 Å². The lowest BCUT2D eigenvalue weighted by Crippen LogP contribution is -2.26. The molecule has 1 nitrogen and oxygen atoms in total. The van der Waals surface area contributed by atoms with E-state index in [2.05, 4.69) is 254 Å². The van der Waals surface area contributed by atoms with Crippen LogP contribution in [-0.4, -0.2) is 0 Å². The van der Waals surface area contributed by atoms with Gasteiger partial charge < -0.3 is 4.90 Å². The molecule has 1 spiro atoms. The van der Waals surface area contributed by atoms with Gasteiger partial charge in [0.25, 0.3) is 0 Å². The summed E-state index contributed by atoms with van der Waals surface area (Å²) in [5.74, 6) is 0. The fourth-order valence-corrected chi connectivity index (χ4v) is 12.7. The van der Waals surface area contributed by atoms with Crippen molar-refractivity contribution in [1.29, 1.82) is 0 Å². The third kappa shape index (κ3) is 5.00. The Bertz CT molecular complexity index is 4170. The minimum Gasteiger partial charge on any atom is -0.310 e. The largest absolute Gasteiger partial charge is 0.310 e. The molecule has 0 radical (unpaired) electrons. The molecule has 0 unspecified atom stereocenters. The van der Waals surface area contributed by atoms with E-state index < -0.39 is 5.41 Å². The highest BCUT2D eigenvalue weighted by atomic mass is 15.1. The zero-order valence-corrected chi connectivity index (χ0v) is 37.1. The average molecular weight is 860 g/mol. The van der Waals surface area contributed by atoms with Crippen LogP contribution >= 0.6 is 0 Å². The number of benzene rings is 13. The summed E-state index contributed by atoms with van der Waals surface area (Å²) in [4.78, 5) is 2.54. The molecule has 0 bridgehead atoms. The maximum absolute atomic E-state index is 2.54. The molecule has 15 rings (SSSR count). The number of hydrogen-bond acceptors (Lipinski definition) is 1. The Labute approximate surface area is 394 Å². The summed E-state index contributed by atoms with van der Waals surface area (Å²) in [6, 6.07) is 93.3. The highest BCUT2D eigenvalue weighted by molar-refractivity contribution is 6.27. The number of fused-ring (bicyclic) bond motifs is 22. The zero-order valence-electron chi connectivity index (χ0n) is 37.1. The number of rotatable bonds is 4. The molecule has 2 aliphatic carbocycles. The highest BCUT2D eigenvalue weighted by Crippen LogP contribution is 2.64. The van der Waals surface area contributed by atoms with Crippen molar-refractivity contribution < 1.29 is 0 Å². The van der Waals surface area contributed by atoms with Crippen molar-refractivity contribution >= 4 is 81.7 Å². The Morgan fingerprint density at radius 3 is 1.18 bits per heavy atom. The number of anilines is 3. The molecule has 0 atom stereocenters. The number of hydrogen-bond donors (Lipinski definition) is 0. The van der Waals surface area contributed by atoms with Crippen molar-refractivity contribution in [3.05, 3.63) is 271 Å². The van der Waals surface area contributed by atoms with Crippen LogP contribution in [0.3, 0.4) is 0 Å². The predicted octanol–water partition coefficient (Wildman–Crippen LogP) is 18.1. The second-order valence-electron chi connectivity index (χ2n) is 18.6. The lowest BCUT2D eigenvalue weighted by molar-refractivity contribution is 0.794. The molecule has 0 aromatic heterocycles. The van der Waals surface area contributed by atoms with Crippen molar-refractivity contribution in [3.63, 3.8) is 0 Å². The molecule has 0 amide bonds. The first-order valence-electron chi connectivity index (χ1n) is 23.8. The zero-order chi connectivity index (χ0) is 44.5. The summed E-state index contributed by atoms with van der Waals surface area (Å²) < 4.78 is 0. The van der Waals surface area contributed by atoms with Gasteiger partial charge >= 0.3 is 0 Å². The van der Waals surface area contributed by atoms with Crippen molar-refractivity contribution in [2.24, 2.45) is 0 Å². The van der Waals surface area contributed by atoms with E-state index in [1.165, 1.54) is 120 Å². The second-order valence-corrected chi connectivity index (χ2v) is 18.6. The van der Waals surface area contributed by atoms with Crippen molar-refractivity contribution in [1.82, 2.24) is 0 Å². The van der Waals surface area contributed by atoms with Gasteiger partial charge in [-0.15, -0.1) is 0 Å². The van der Waals surface area contributed by atoms with Crippen LogP contribution in [0.5, 0.6) is 0 Å². The summed E-state index contributed by atoms with van der Waals surface area (Å²) in [5, 5.41) is 15.3. The molecule has 0 saturated heterocycles. The molecule has 13 aromatic carbocycles. The number of nitrogens with zero attached hydrogens (tertiary/aromatic N) is 1. The monoisotopic (exact) mass is 859 g/mol. The molecule has 0 heterocycles. The third-order valence-corrected chi connectivity index (χ3v) is 15.4. The van der Waals surface area contributed by atoms with Crippen molar-refractivity contribution in [3.8, 4) is 33.4 Å². The molecule has 68 heavy (non-hydrogen) atoms. The van der Waals surface area contributed by atoms with Crippen LogP contribution in [0.1, 0.15) is 22.3 Å². The minimum absolute atomic E-state index is 0.459. The first-order valence-corrected chi connectivity index (χ1v) is 23.8. The van der Waals surface area contributed by atoms with Crippen LogP contribution in [-0.2, 0) is 5.41 Å². The SMILES string of the molecule is c1cc(-c2ccc3c4ccccc4c4ccccc4c3c2)cc(N(c2ccc3c4ccccc4c4ccccc4c3c2)c2cccc3c2-c2ccccc2C32c3ccccc3-c3ccccc32)c1. The lowest BCUT2D eigenvalue weighted by atomic mass is 9.70. The Kier molecular flexibility index (Phi) is 7.77. The van der Waals surface area contributed by atoms with Crippen LogP contribution in [0.2, 0.25) is 0 Å². The first-order chi connectivity index (χ1) is 33.8. The molecule has 0 aliphatic heterocycles. The Morgan fingerprint density at radius 1 is 0.235 bits per heavy atom. The average Bonchev–Trinajstić information content (AvgIpc) is 3.89. The van der Waals surface area contributed by atoms with E-state index in [1.807, 2.05) is 0 Å². The fraction of sp³-hybridized carbons (Fsp3) is 0.0149. The Balaban J connectivity index is 1.01. The van der Waals surface area contributed by atoms with Gasteiger partial charge in [0.15, 0.2) is 0 Å². The van der Waals surface area contributed by atoms with Gasteiger partial charge in [0.1, 0.15) is 0 Å². The third-order valence-electron chi connectivity index (χ3n) is 15.4. The normalized spacial score (nSPS) is 13.1. The van der Waals surface area contributed by atoms with Gasteiger partial charge in [0, 0.05) is 16.9 Å². The smallest absolute Gasteiger partial charge is 0.0726 e. The second kappa shape index (κ2) is 14.1. The van der Waals surface area contributed by atoms with E-state index in [1.54, 1.807) is 0 Å². The van der Waals surface area contributed by atoms with E-state index in [-0.39, 0.29) is 0 Å². The Morgan fingerprint density at radius 2 is 0.618 bits per heavy atom. The summed E-state index contributed by atoms with van der Waals surface area (Å²) in [5.41, 5.74) is 15.8. The maximum Gasteiger partial charge on any atom is 0.0726 e. The van der Waals surface area contributed by atoms with Crippen LogP contribution in [0.25, 0.3) is 98.0 Å². The molecular weight excluding hydrogens is 819 g/mol. The summed E-state index contributed by atoms with van der Waals surface area (Å²) in [6.45, 7) is 0. The lowest BCUT2D eigenvalue weighted by Gasteiger charge is -2.32. The molecule has 13 aromatic rings. The highest BCUT2D eigenvalue weighted by Gasteiger charge is 2.52. The van der Waals surface area contributed by atoms with Crippen LogP contribution in [0.15, 0.2) is 249 Å². The fourth-order valence-electron chi connectivity index (χ4n) is 12.7. The van der Waals surface area contributed by atoms with Gasteiger partial charge in [-0.05, 0) is 151 Å². The molecule has 0 N–H and O–H groups in total. The van der Waals surface area contributed by atoms with E-state index in [9.17, 15) is 0 Å². The summed E-state index contributed by atoms with van der Waals surface area (Å²) in [6.07, 6.45) is 0. The Hall–Kier alpha value is -8.78. The minimum atomic E-state index is -0.459. The summed E-state index contributed by atoms with van der Waals surface area (Å²) in [7, 11) is 0. The van der Waals surface area contributed by atoms with Gasteiger partial charge in [-0.1, -0.05) is 212 Å². The molecule has 314 valence electrons. The van der Waals surface area contributed by atoms with Gasteiger partial charge in [-0.3, -0.25) is 0 Å². The molecule has 1 heteroatoms. The predicted molar refractivity (Wildman–Crippen MR) is 288 cm³/mol. The van der Waals surface area contributed by atoms with Crippen molar-refractivity contribution in [2.45, 2.75) is 5.41 Å². The first kappa shape index (κ1) is 37.4. The topological polar surface area (TPSA) is 3.24 Å². The molecule has 0 fully saturated rings. The van der Waals surface area contributed by atoms with E-state index in [4.69, 9.17) is 0 Å².